The van der Waals surface area contributed by atoms with Crippen LogP contribution in [-0.2, 0) is 0 Å². The van der Waals surface area contributed by atoms with Crippen molar-refractivity contribution in [1.29, 1.82) is 0 Å². The first-order valence-electron chi connectivity index (χ1n) is 31.7. The fourth-order valence-corrected chi connectivity index (χ4v) is 8.05. The van der Waals surface area contributed by atoms with Gasteiger partial charge in [0.1, 0.15) is 5.58 Å². The maximum atomic E-state index is 9.95. The van der Waals surface area contributed by atoms with Crippen molar-refractivity contribution < 1.29 is 38.7 Å². The lowest BCUT2D eigenvalue weighted by atomic mass is 9.98. The van der Waals surface area contributed by atoms with Crippen molar-refractivity contribution in [2.45, 2.75) is 0 Å². The highest BCUT2D eigenvalue weighted by molar-refractivity contribution is 6.21. The minimum absolute atomic E-state index is 0.223. The van der Waals surface area contributed by atoms with E-state index in [1.807, 2.05) is 0 Å². The zero-order chi connectivity index (χ0) is 63.2. The summed E-state index contributed by atoms with van der Waals surface area (Å²) in [5.41, 5.74) is -3.28. The van der Waals surface area contributed by atoms with Crippen molar-refractivity contribution in [1.82, 2.24) is 24.1 Å². The van der Waals surface area contributed by atoms with Gasteiger partial charge in [-0.25, -0.2) is 4.98 Å². The van der Waals surface area contributed by atoms with Gasteiger partial charge in [0.15, 0.2) is 17.2 Å². The molecule has 0 N–H and O–H groups in total. The van der Waals surface area contributed by atoms with Crippen molar-refractivity contribution in [2.24, 2.45) is 0 Å². The Morgan fingerprint density at radius 1 is 0.397 bits per heavy atom. The molecule has 0 spiro atoms. The van der Waals surface area contributed by atoms with Crippen molar-refractivity contribution in [2.75, 3.05) is 0 Å². The summed E-state index contributed by atoms with van der Waals surface area (Å²) in [6, 6.07) is -2.20. The largest absolute Gasteiger partial charge is 0.454 e. The number of fused-ring (bicyclic) bond motifs is 9. The van der Waals surface area contributed by atoms with Gasteiger partial charge in [-0.2, -0.15) is 9.97 Å². The van der Waals surface area contributed by atoms with Crippen LogP contribution in [0.4, 0.5) is 0 Å². The molecule has 0 aliphatic carbocycles. The maximum absolute atomic E-state index is 9.95. The van der Waals surface area contributed by atoms with E-state index in [1.165, 1.54) is 9.13 Å². The van der Waals surface area contributed by atoms with Crippen LogP contribution in [0.3, 0.4) is 0 Å². The molecule has 6 nitrogen and oxygen atoms in total. The van der Waals surface area contributed by atoms with Gasteiger partial charge in [0.25, 0.3) is 0 Å². The van der Waals surface area contributed by atoms with Gasteiger partial charge in [0.2, 0.25) is 5.95 Å². The molecule has 0 saturated heterocycles. The van der Waals surface area contributed by atoms with E-state index >= 15 is 0 Å². The fourth-order valence-electron chi connectivity index (χ4n) is 8.05. The van der Waals surface area contributed by atoms with E-state index in [0.29, 0.717) is 32.6 Å². The molecular formula is C57H35N5O. The average Bonchev–Trinajstić information content (AvgIpc) is 1.50. The summed E-state index contributed by atoms with van der Waals surface area (Å²) in [7, 11) is 0. The second-order valence-corrected chi connectivity index (χ2v) is 14.1. The molecule has 0 amide bonds. The predicted molar refractivity (Wildman–Crippen MR) is 258 cm³/mol. The quantitative estimate of drug-likeness (QED) is 0.167. The summed E-state index contributed by atoms with van der Waals surface area (Å²) < 4.78 is 231. The van der Waals surface area contributed by atoms with E-state index in [1.54, 1.807) is 60.7 Å². The standard InChI is InChI=1S/C57H35N5O/c1-4-16-36(17-5-1)37-28-30-40(31-29-37)56-58-55(39-20-8-3-9-21-39)59-57(60-56)62-48-26-14-11-23-43(48)46-34-45-42-22-10-13-25-47(42)61(50(45)35-51(46)62)49-33-32-41(38-18-6-2-7-19-38)53-44-24-12-15-27-52(44)63-54(49)53/h1-35H/i1D,2D,3D,4D,5D,6D,7D,8D,9D,12D,15D,16D,17D,18D,19D,20D,21D,24D,27D,28D,29D,30D,31D,32D,33D. The summed E-state index contributed by atoms with van der Waals surface area (Å²) in [4.78, 5) is 14.0. The van der Waals surface area contributed by atoms with Crippen LogP contribution in [0.25, 0.3) is 122 Å². The highest BCUT2D eigenvalue weighted by Gasteiger charge is 2.24. The lowest BCUT2D eigenvalue weighted by Gasteiger charge is -2.13. The number of para-hydroxylation sites is 3. The molecule has 13 aromatic rings. The first-order chi connectivity index (χ1) is 41.6. The zero-order valence-electron chi connectivity index (χ0n) is 56.9. The second kappa shape index (κ2) is 14.0. The minimum Gasteiger partial charge on any atom is -0.454 e. The maximum Gasteiger partial charge on any atom is 0.238 e. The molecule has 4 aromatic heterocycles. The minimum atomic E-state index is -0.879. The molecule has 13 rings (SSSR count). The molecule has 0 bridgehead atoms. The van der Waals surface area contributed by atoms with Crippen LogP contribution < -0.4 is 0 Å². The number of hydrogen-bond donors (Lipinski definition) is 0. The molecule has 0 unspecified atom stereocenters. The average molecular weight is 831 g/mol. The van der Waals surface area contributed by atoms with Crippen LogP contribution in [0, 0.1) is 0 Å². The van der Waals surface area contributed by atoms with Gasteiger partial charge in [-0.1, -0.05) is 175 Å². The third-order valence-electron chi connectivity index (χ3n) is 10.7. The van der Waals surface area contributed by atoms with Gasteiger partial charge < -0.3 is 8.98 Å². The van der Waals surface area contributed by atoms with Crippen molar-refractivity contribution in [3.05, 3.63) is 212 Å². The van der Waals surface area contributed by atoms with Crippen LogP contribution in [0.2, 0.25) is 0 Å². The summed E-state index contributed by atoms with van der Waals surface area (Å²) >= 11 is 0. The van der Waals surface area contributed by atoms with Crippen LogP contribution >= 0.6 is 0 Å². The molecule has 0 radical (unpaired) electrons. The highest BCUT2D eigenvalue weighted by atomic mass is 16.3. The first-order valence-corrected chi connectivity index (χ1v) is 19.2. The Bertz CT molecular complexity index is 5310. The third kappa shape index (κ3) is 5.55. The Kier molecular flexibility index (Phi) is 4.12. The number of rotatable bonds is 6. The highest BCUT2D eigenvalue weighted by Crippen LogP contribution is 2.44. The van der Waals surface area contributed by atoms with E-state index in [9.17, 15) is 9.60 Å². The molecular weight excluding hydrogens is 771 g/mol. The number of nitrogens with zero attached hydrogens (tertiary/aromatic N) is 5. The van der Waals surface area contributed by atoms with Crippen LogP contribution in [0.5, 0.6) is 0 Å². The summed E-state index contributed by atoms with van der Waals surface area (Å²) in [5, 5.41) is 1.49. The Morgan fingerprint density at radius 3 is 1.60 bits per heavy atom. The molecule has 0 fully saturated rings. The lowest BCUT2D eigenvalue weighted by Crippen LogP contribution is -2.06. The van der Waals surface area contributed by atoms with Gasteiger partial charge in [0, 0.05) is 43.4 Å². The number of benzene rings is 9. The van der Waals surface area contributed by atoms with Crippen molar-refractivity contribution in [3.8, 4) is 56.7 Å². The second-order valence-electron chi connectivity index (χ2n) is 14.1. The van der Waals surface area contributed by atoms with Gasteiger partial charge in [-0.15, -0.1) is 0 Å². The van der Waals surface area contributed by atoms with E-state index in [2.05, 4.69) is 4.98 Å². The Morgan fingerprint density at radius 2 is 0.921 bits per heavy atom. The van der Waals surface area contributed by atoms with E-state index in [4.69, 9.17) is 39.1 Å². The Labute approximate surface area is 396 Å². The fraction of sp³-hybridized carbons (Fsp3) is 0. The van der Waals surface area contributed by atoms with Crippen LogP contribution in [-0.4, -0.2) is 24.1 Å². The third-order valence-corrected chi connectivity index (χ3v) is 10.7. The number of aromatic nitrogens is 5. The molecule has 294 valence electrons. The monoisotopic (exact) mass is 830 g/mol. The molecule has 4 heterocycles. The van der Waals surface area contributed by atoms with Crippen LogP contribution in [0.1, 0.15) is 34.3 Å². The van der Waals surface area contributed by atoms with E-state index in [0.717, 1.165) is 0 Å². The van der Waals surface area contributed by atoms with Crippen LogP contribution in [0.15, 0.2) is 216 Å². The molecule has 63 heavy (non-hydrogen) atoms. The van der Waals surface area contributed by atoms with Crippen molar-refractivity contribution >= 4 is 65.6 Å². The molecule has 0 saturated carbocycles. The van der Waals surface area contributed by atoms with Gasteiger partial charge in [-0.3, -0.25) is 4.57 Å². The molecule has 0 aliphatic heterocycles. The smallest absolute Gasteiger partial charge is 0.238 e. The van der Waals surface area contributed by atoms with Crippen molar-refractivity contribution in [3.63, 3.8) is 0 Å². The van der Waals surface area contributed by atoms with Gasteiger partial charge in [-0.05, 0) is 58.6 Å². The number of furan rings is 1. The number of hydrogen-bond acceptors (Lipinski definition) is 4. The predicted octanol–water partition coefficient (Wildman–Crippen LogP) is 14.6. The molecule has 6 heteroatoms. The summed E-state index contributed by atoms with van der Waals surface area (Å²) in [6.07, 6.45) is 0. The SMILES string of the molecule is [2H]c1c([2H])c([2H])c(-c2nc(-c3c([2H])c([2H])c(-c4c([2H])c([2H])c([2H])c([2H])c4[2H])c([2H])c3[2H])nc(-n3c4ccccc4c4cc5c6ccccc6n(-c6c([2H])c([2H])c(-c7c([2H])c([2H])c([2H])c([2H])c7[2H])c7c6oc6c([2H])c([2H])c([2H])c([2H])c67)c5cc43)n2)c([2H])c1[2H]. The lowest BCUT2D eigenvalue weighted by molar-refractivity contribution is 0.666. The molecule has 0 aliphatic rings. The molecule has 9 aromatic carbocycles. The topological polar surface area (TPSA) is 61.7 Å². The normalized spacial score (nSPS) is 17.4. The Hall–Kier alpha value is -8.61. The first kappa shape index (κ1) is 18.6. The summed E-state index contributed by atoms with van der Waals surface area (Å²) in [6.45, 7) is 0. The van der Waals surface area contributed by atoms with E-state index in [-0.39, 0.29) is 33.1 Å². The Balaban J connectivity index is 1.17. The summed E-state index contributed by atoms with van der Waals surface area (Å²) in [5.74, 6) is -1.64. The van der Waals surface area contributed by atoms with Gasteiger partial charge in [0.05, 0.1) is 62.0 Å². The zero-order valence-corrected chi connectivity index (χ0v) is 31.9. The van der Waals surface area contributed by atoms with E-state index < -0.39 is 208 Å². The molecule has 0 atom stereocenters. The van der Waals surface area contributed by atoms with Gasteiger partial charge >= 0.3 is 0 Å².